The summed E-state index contributed by atoms with van der Waals surface area (Å²) in [6.45, 7) is 8.21. The van der Waals surface area contributed by atoms with E-state index in [0.29, 0.717) is 17.9 Å². The molecule has 0 heterocycles. The highest BCUT2D eigenvalue weighted by Crippen LogP contribution is 2.15. The zero-order chi connectivity index (χ0) is 14.3. The van der Waals surface area contributed by atoms with E-state index in [1.807, 2.05) is 6.92 Å². The molecular formula is C16H23F2N. The molecule has 1 N–H and O–H groups in total. The number of halogens is 2. The van der Waals surface area contributed by atoms with Gasteiger partial charge in [0.15, 0.2) is 11.6 Å². The maximum Gasteiger partial charge on any atom is 0.162 e. The van der Waals surface area contributed by atoms with Crippen molar-refractivity contribution in [2.45, 2.75) is 33.6 Å². The van der Waals surface area contributed by atoms with E-state index in [1.165, 1.54) is 0 Å². The number of benzene rings is 1. The molecule has 0 aliphatic carbocycles. The van der Waals surface area contributed by atoms with Crippen LogP contribution in [0.25, 0.3) is 0 Å². The summed E-state index contributed by atoms with van der Waals surface area (Å²) >= 11 is 0. The van der Waals surface area contributed by atoms with Crippen LogP contribution in [0.15, 0.2) is 29.8 Å². The molecule has 19 heavy (non-hydrogen) atoms. The van der Waals surface area contributed by atoms with Gasteiger partial charge in [0, 0.05) is 0 Å². The average molecular weight is 267 g/mol. The van der Waals surface area contributed by atoms with E-state index in [0.717, 1.165) is 31.1 Å². The summed E-state index contributed by atoms with van der Waals surface area (Å²) in [6.07, 6.45) is 3.46. The van der Waals surface area contributed by atoms with Crippen LogP contribution in [0.2, 0.25) is 0 Å². The third-order valence-electron chi connectivity index (χ3n) is 2.87. The van der Waals surface area contributed by atoms with E-state index in [2.05, 4.69) is 25.2 Å². The third-order valence-corrected chi connectivity index (χ3v) is 2.87. The van der Waals surface area contributed by atoms with Crippen molar-refractivity contribution in [1.29, 1.82) is 0 Å². The molecule has 0 saturated carbocycles. The Balaban J connectivity index is 2.41. The fourth-order valence-corrected chi connectivity index (χ4v) is 1.87. The van der Waals surface area contributed by atoms with Crippen molar-refractivity contribution in [3.05, 3.63) is 47.0 Å². The second-order valence-electron chi connectivity index (χ2n) is 5.33. The van der Waals surface area contributed by atoms with Crippen LogP contribution < -0.4 is 5.32 Å². The van der Waals surface area contributed by atoms with E-state index in [1.54, 1.807) is 12.1 Å². The van der Waals surface area contributed by atoms with Gasteiger partial charge in [-0.25, -0.2) is 8.78 Å². The molecule has 0 saturated heterocycles. The minimum Gasteiger partial charge on any atom is -0.316 e. The Morgan fingerprint density at radius 2 is 2.05 bits per heavy atom. The standard InChI is InChI=1S/C16H23F2N/c1-12(2)11-19-9-5-6-13(3)10-14-7-4-8-15(17)16(14)18/h4,6-8,12,19H,5,9-11H2,1-3H3. The SMILES string of the molecule is CC(=CCCNCC(C)C)Cc1cccc(F)c1F. The van der Waals surface area contributed by atoms with Crippen LogP contribution in [0, 0.1) is 17.6 Å². The third kappa shape index (κ3) is 5.97. The molecule has 3 heteroatoms. The Bertz CT molecular complexity index is 425. The molecule has 1 aromatic rings. The number of rotatable bonds is 7. The second kappa shape index (κ2) is 8.05. The summed E-state index contributed by atoms with van der Waals surface area (Å²) in [5.74, 6) is -0.858. The van der Waals surface area contributed by atoms with Crippen LogP contribution >= 0.6 is 0 Å². The Morgan fingerprint density at radius 3 is 2.74 bits per heavy atom. The topological polar surface area (TPSA) is 12.0 Å². The molecule has 1 aromatic carbocycles. The van der Waals surface area contributed by atoms with Crippen molar-refractivity contribution >= 4 is 0 Å². The molecule has 0 bridgehead atoms. The fraction of sp³-hybridized carbons (Fsp3) is 0.500. The van der Waals surface area contributed by atoms with E-state index >= 15 is 0 Å². The van der Waals surface area contributed by atoms with Crippen molar-refractivity contribution in [2.24, 2.45) is 5.92 Å². The van der Waals surface area contributed by atoms with Gasteiger partial charge in [0.1, 0.15) is 0 Å². The summed E-state index contributed by atoms with van der Waals surface area (Å²) < 4.78 is 26.5. The molecule has 1 rings (SSSR count). The molecule has 1 nitrogen and oxygen atoms in total. The van der Waals surface area contributed by atoms with Crippen molar-refractivity contribution < 1.29 is 8.78 Å². The fourth-order valence-electron chi connectivity index (χ4n) is 1.87. The molecule has 0 aliphatic rings. The average Bonchev–Trinajstić information content (AvgIpc) is 2.34. The van der Waals surface area contributed by atoms with Gasteiger partial charge >= 0.3 is 0 Å². The summed E-state index contributed by atoms with van der Waals surface area (Å²) in [6, 6.07) is 4.33. The monoisotopic (exact) mass is 267 g/mol. The van der Waals surface area contributed by atoms with E-state index in [-0.39, 0.29) is 0 Å². The predicted molar refractivity (Wildman–Crippen MR) is 76.1 cm³/mol. The molecule has 0 aromatic heterocycles. The van der Waals surface area contributed by atoms with Crippen molar-refractivity contribution in [1.82, 2.24) is 5.32 Å². The predicted octanol–water partition coefficient (Wildman–Crippen LogP) is 4.09. The quantitative estimate of drug-likeness (QED) is 0.579. The second-order valence-corrected chi connectivity index (χ2v) is 5.33. The van der Waals surface area contributed by atoms with E-state index < -0.39 is 11.6 Å². The van der Waals surface area contributed by atoms with Gasteiger partial charge in [-0.2, -0.15) is 0 Å². The molecule has 0 atom stereocenters. The lowest BCUT2D eigenvalue weighted by molar-refractivity contribution is 0.500. The molecule has 0 amide bonds. The maximum absolute atomic E-state index is 13.5. The first-order chi connectivity index (χ1) is 9.00. The van der Waals surface area contributed by atoms with Gasteiger partial charge < -0.3 is 5.32 Å². The van der Waals surface area contributed by atoms with E-state index in [9.17, 15) is 8.78 Å². The first-order valence-corrected chi connectivity index (χ1v) is 6.80. The molecule has 0 radical (unpaired) electrons. The largest absolute Gasteiger partial charge is 0.316 e. The van der Waals surface area contributed by atoms with Crippen molar-refractivity contribution in [3.63, 3.8) is 0 Å². The Hall–Kier alpha value is -1.22. The van der Waals surface area contributed by atoms with Crippen LogP contribution in [0.3, 0.4) is 0 Å². The minimum atomic E-state index is -0.774. The summed E-state index contributed by atoms with van der Waals surface area (Å²) in [5, 5.41) is 3.35. The highest BCUT2D eigenvalue weighted by molar-refractivity contribution is 5.23. The van der Waals surface area contributed by atoms with Crippen LogP contribution in [0.4, 0.5) is 8.78 Å². The number of hydrogen-bond donors (Lipinski definition) is 1. The summed E-state index contributed by atoms with van der Waals surface area (Å²) in [4.78, 5) is 0. The lowest BCUT2D eigenvalue weighted by atomic mass is 10.0. The van der Waals surface area contributed by atoms with Crippen LogP contribution in [-0.2, 0) is 6.42 Å². The minimum absolute atomic E-state index is 0.420. The Kier molecular flexibility index (Phi) is 6.71. The molecule has 0 fully saturated rings. The van der Waals surface area contributed by atoms with Gasteiger partial charge in [0.2, 0.25) is 0 Å². The van der Waals surface area contributed by atoms with Crippen molar-refractivity contribution in [2.75, 3.05) is 13.1 Å². The maximum atomic E-state index is 13.5. The zero-order valence-corrected chi connectivity index (χ0v) is 12.0. The Morgan fingerprint density at radius 1 is 1.32 bits per heavy atom. The van der Waals surface area contributed by atoms with Crippen LogP contribution in [0.1, 0.15) is 32.8 Å². The number of hydrogen-bond acceptors (Lipinski definition) is 1. The highest BCUT2D eigenvalue weighted by Gasteiger charge is 2.07. The van der Waals surface area contributed by atoms with Gasteiger partial charge in [0.05, 0.1) is 0 Å². The molecule has 106 valence electrons. The number of nitrogens with one attached hydrogen (secondary N) is 1. The first kappa shape index (κ1) is 15.8. The highest BCUT2D eigenvalue weighted by atomic mass is 19.2. The molecule has 0 unspecified atom stereocenters. The molecular weight excluding hydrogens is 244 g/mol. The van der Waals surface area contributed by atoms with Crippen LogP contribution in [0.5, 0.6) is 0 Å². The van der Waals surface area contributed by atoms with Gasteiger partial charge in [-0.15, -0.1) is 0 Å². The summed E-state index contributed by atoms with van der Waals surface area (Å²) in [5.41, 5.74) is 1.49. The summed E-state index contributed by atoms with van der Waals surface area (Å²) in [7, 11) is 0. The zero-order valence-electron chi connectivity index (χ0n) is 12.0. The van der Waals surface area contributed by atoms with Gasteiger partial charge in [-0.3, -0.25) is 0 Å². The van der Waals surface area contributed by atoms with Gasteiger partial charge in [0.25, 0.3) is 0 Å². The van der Waals surface area contributed by atoms with E-state index in [4.69, 9.17) is 0 Å². The van der Waals surface area contributed by atoms with Gasteiger partial charge in [-0.05, 0) is 50.4 Å². The molecule has 0 aliphatic heterocycles. The Labute approximate surface area is 114 Å². The molecule has 0 spiro atoms. The smallest absolute Gasteiger partial charge is 0.162 e. The van der Waals surface area contributed by atoms with Crippen LogP contribution in [-0.4, -0.2) is 13.1 Å². The lowest BCUT2D eigenvalue weighted by Crippen LogP contribution is -2.20. The number of allylic oxidation sites excluding steroid dienone is 1. The normalized spacial score (nSPS) is 12.2. The van der Waals surface area contributed by atoms with Crippen molar-refractivity contribution in [3.8, 4) is 0 Å². The first-order valence-electron chi connectivity index (χ1n) is 6.80. The lowest BCUT2D eigenvalue weighted by Gasteiger charge is -2.07. The van der Waals surface area contributed by atoms with Gasteiger partial charge in [-0.1, -0.05) is 37.6 Å².